The fourth-order valence-electron chi connectivity index (χ4n) is 2.48. The molecule has 0 fully saturated rings. The summed E-state index contributed by atoms with van der Waals surface area (Å²) in [6, 6.07) is 10.3. The van der Waals surface area contributed by atoms with E-state index in [1.807, 2.05) is 0 Å². The number of nitro groups is 1. The molecular weight excluding hydrogens is 381 g/mol. The largest absolute Gasteiger partial charge is 0.285 e. The van der Waals surface area contributed by atoms with Gasteiger partial charge in [-0.25, -0.2) is 4.39 Å². The summed E-state index contributed by atoms with van der Waals surface area (Å²) in [6.07, 6.45) is 0. The zero-order chi connectivity index (χ0) is 18.7. The number of nitro benzene ring substituents is 1. The third kappa shape index (κ3) is 3.86. The predicted octanol–water partition coefficient (Wildman–Crippen LogP) is 4.13. The second kappa shape index (κ2) is 7.84. The number of carbonyl (C=O) groups excluding carboxylic acids is 1. The van der Waals surface area contributed by atoms with Gasteiger partial charge in [-0.2, -0.15) is 0 Å². The number of aliphatic imine (C=N–C) groups is 1. The maximum Gasteiger partial charge on any atom is 0.269 e. The van der Waals surface area contributed by atoms with E-state index in [0.717, 1.165) is 5.56 Å². The van der Waals surface area contributed by atoms with E-state index in [2.05, 4.69) is 4.99 Å². The third-order valence-corrected chi connectivity index (χ3v) is 5.11. The van der Waals surface area contributed by atoms with Crippen LogP contribution in [0.1, 0.15) is 15.9 Å². The highest BCUT2D eigenvalue weighted by molar-refractivity contribution is 8.13. The molecule has 0 spiro atoms. The summed E-state index contributed by atoms with van der Waals surface area (Å²) in [5.41, 5.74) is 0.553. The number of nitrogens with zero attached hydrogens (tertiary/aromatic N) is 3. The van der Waals surface area contributed by atoms with Gasteiger partial charge >= 0.3 is 0 Å². The van der Waals surface area contributed by atoms with Crippen LogP contribution < -0.4 is 0 Å². The summed E-state index contributed by atoms with van der Waals surface area (Å²) >= 11 is 7.24. The van der Waals surface area contributed by atoms with Crippen LogP contribution in [0.2, 0.25) is 5.02 Å². The molecule has 2 aromatic rings. The molecule has 0 bridgehead atoms. The number of carbonyl (C=O) groups is 1. The predicted molar refractivity (Wildman–Crippen MR) is 99.1 cm³/mol. The highest BCUT2D eigenvalue weighted by Gasteiger charge is 2.28. The molecule has 26 heavy (non-hydrogen) atoms. The lowest BCUT2D eigenvalue weighted by Crippen LogP contribution is -2.33. The smallest absolute Gasteiger partial charge is 0.269 e. The maximum atomic E-state index is 14.0. The Bertz CT molecular complexity index is 886. The molecule has 1 amide bonds. The summed E-state index contributed by atoms with van der Waals surface area (Å²) in [4.78, 5) is 28.7. The Morgan fingerprint density at radius 2 is 2.12 bits per heavy atom. The minimum absolute atomic E-state index is 0.00234. The quantitative estimate of drug-likeness (QED) is 0.578. The third-order valence-electron chi connectivity index (χ3n) is 3.71. The molecule has 0 aromatic heterocycles. The molecule has 0 radical (unpaired) electrons. The summed E-state index contributed by atoms with van der Waals surface area (Å²) in [5.74, 6) is -0.830. The van der Waals surface area contributed by atoms with Crippen LogP contribution in [-0.4, -0.2) is 34.0 Å². The van der Waals surface area contributed by atoms with Gasteiger partial charge in [0.25, 0.3) is 11.6 Å². The number of hydrogen-bond donors (Lipinski definition) is 0. The fraction of sp³-hybridized carbons (Fsp3) is 0.176. The lowest BCUT2D eigenvalue weighted by atomic mass is 10.2. The van der Waals surface area contributed by atoms with Crippen molar-refractivity contribution in [1.29, 1.82) is 0 Å². The number of hydrogen-bond acceptors (Lipinski definition) is 5. The Hall–Kier alpha value is -2.45. The van der Waals surface area contributed by atoms with Crippen LogP contribution in [0.4, 0.5) is 10.1 Å². The first kappa shape index (κ1) is 18.3. The minimum atomic E-state index is -0.683. The highest BCUT2D eigenvalue weighted by Crippen LogP contribution is 2.26. The number of benzene rings is 2. The molecule has 3 rings (SSSR count). The lowest BCUT2D eigenvalue weighted by molar-refractivity contribution is -0.384. The average Bonchev–Trinajstić information content (AvgIpc) is 3.08. The lowest BCUT2D eigenvalue weighted by Gasteiger charge is -2.18. The van der Waals surface area contributed by atoms with Crippen molar-refractivity contribution in [1.82, 2.24) is 4.90 Å². The van der Waals surface area contributed by atoms with Gasteiger partial charge < -0.3 is 0 Å². The molecule has 1 aliphatic rings. The number of rotatable bonds is 4. The standard InChI is InChI=1S/C17H13ClFN3O3S/c18-13-5-2-6-14(19)15(13)16(23)21-8-7-20-17(21)26-10-11-3-1-4-12(9-11)22(24)25/h1-6,9H,7-8,10H2. The van der Waals surface area contributed by atoms with Gasteiger partial charge in [0, 0.05) is 24.4 Å². The molecule has 0 saturated heterocycles. The Kier molecular flexibility index (Phi) is 5.53. The number of thioether (sulfide) groups is 1. The van der Waals surface area contributed by atoms with Crippen molar-refractivity contribution >= 4 is 40.1 Å². The van der Waals surface area contributed by atoms with Crippen LogP contribution in [0.15, 0.2) is 47.5 Å². The summed E-state index contributed by atoms with van der Waals surface area (Å²) in [6.45, 7) is 0.746. The van der Waals surface area contributed by atoms with Crippen LogP contribution in [0.3, 0.4) is 0 Å². The van der Waals surface area contributed by atoms with E-state index in [1.165, 1.54) is 47.0 Å². The topological polar surface area (TPSA) is 75.8 Å². The van der Waals surface area contributed by atoms with Gasteiger partial charge in [0.15, 0.2) is 5.17 Å². The summed E-state index contributed by atoms with van der Waals surface area (Å²) in [5, 5.41) is 11.3. The SMILES string of the molecule is O=C(c1c(F)cccc1Cl)N1CCN=C1SCc1cccc([N+](=O)[O-])c1. The summed E-state index contributed by atoms with van der Waals surface area (Å²) < 4.78 is 14.0. The zero-order valence-corrected chi connectivity index (χ0v) is 15.0. The van der Waals surface area contributed by atoms with Gasteiger partial charge in [0.05, 0.1) is 22.1 Å². The molecule has 2 aromatic carbocycles. The first-order valence-corrected chi connectivity index (χ1v) is 9.00. The number of amidine groups is 1. The molecule has 134 valence electrons. The Morgan fingerprint density at radius 3 is 2.85 bits per heavy atom. The second-order valence-electron chi connectivity index (χ2n) is 5.43. The first-order valence-electron chi connectivity index (χ1n) is 7.64. The maximum absolute atomic E-state index is 14.0. The van der Waals surface area contributed by atoms with E-state index >= 15 is 0 Å². The van der Waals surface area contributed by atoms with Crippen molar-refractivity contribution in [2.24, 2.45) is 4.99 Å². The van der Waals surface area contributed by atoms with Gasteiger partial charge in [-0.05, 0) is 17.7 Å². The van der Waals surface area contributed by atoms with Crippen LogP contribution in [0, 0.1) is 15.9 Å². The molecule has 0 atom stereocenters. The van der Waals surface area contributed by atoms with E-state index in [1.54, 1.807) is 12.1 Å². The number of halogens is 2. The molecule has 1 aliphatic heterocycles. The Morgan fingerprint density at radius 1 is 1.35 bits per heavy atom. The molecule has 6 nitrogen and oxygen atoms in total. The zero-order valence-electron chi connectivity index (χ0n) is 13.4. The van der Waals surface area contributed by atoms with Crippen molar-refractivity contribution in [3.8, 4) is 0 Å². The summed E-state index contributed by atoms with van der Waals surface area (Å²) in [7, 11) is 0. The van der Waals surface area contributed by atoms with Gasteiger partial charge in [-0.1, -0.05) is 41.6 Å². The first-order chi connectivity index (χ1) is 12.5. The van der Waals surface area contributed by atoms with Crippen LogP contribution in [-0.2, 0) is 5.75 Å². The van der Waals surface area contributed by atoms with Gasteiger partial charge in [0.1, 0.15) is 5.82 Å². The van der Waals surface area contributed by atoms with E-state index in [4.69, 9.17) is 11.6 Å². The molecular formula is C17H13ClFN3O3S. The van der Waals surface area contributed by atoms with Gasteiger partial charge in [0.2, 0.25) is 0 Å². The van der Waals surface area contributed by atoms with Crippen LogP contribution in [0.5, 0.6) is 0 Å². The molecule has 0 aliphatic carbocycles. The van der Waals surface area contributed by atoms with Crippen LogP contribution in [0.25, 0.3) is 0 Å². The number of amides is 1. The normalized spacial score (nSPS) is 13.6. The molecule has 0 unspecified atom stereocenters. The van der Waals surface area contributed by atoms with E-state index in [9.17, 15) is 19.3 Å². The number of non-ortho nitro benzene ring substituents is 1. The Balaban J connectivity index is 1.74. The van der Waals surface area contributed by atoms with E-state index < -0.39 is 16.6 Å². The monoisotopic (exact) mass is 393 g/mol. The van der Waals surface area contributed by atoms with Gasteiger partial charge in [-0.3, -0.25) is 24.8 Å². The van der Waals surface area contributed by atoms with Crippen molar-refractivity contribution in [3.63, 3.8) is 0 Å². The van der Waals surface area contributed by atoms with Gasteiger partial charge in [-0.15, -0.1) is 0 Å². The minimum Gasteiger partial charge on any atom is -0.285 e. The molecule has 0 saturated carbocycles. The van der Waals surface area contributed by atoms with Crippen molar-refractivity contribution in [3.05, 3.63) is 74.5 Å². The fourth-order valence-corrected chi connectivity index (χ4v) is 3.72. The van der Waals surface area contributed by atoms with Crippen molar-refractivity contribution < 1.29 is 14.1 Å². The molecule has 9 heteroatoms. The molecule has 1 heterocycles. The highest BCUT2D eigenvalue weighted by atomic mass is 35.5. The van der Waals surface area contributed by atoms with Crippen molar-refractivity contribution in [2.75, 3.05) is 13.1 Å². The van der Waals surface area contributed by atoms with Crippen LogP contribution >= 0.6 is 23.4 Å². The van der Waals surface area contributed by atoms with Crippen molar-refractivity contribution in [2.45, 2.75) is 5.75 Å². The Labute approximate surface area is 157 Å². The van der Waals surface area contributed by atoms with E-state index in [0.29, 0.717) is 24.0 Å². The average molecular weight is 394 g/mol. The molecule has 0 N–H and O–H groups in total. The second-order valence-corrected chi connectivity index (χ2v) is 6.78. The van der Waals surface area contributed by atoms with E-state index in [-0.39, 0.29) is 16.3 Å².